The summed E-state index contributed by atoms with van der Waals surface area (Å²) in [5, 5.41) is 11.1. The summed E-state index contributed by atoms with van der Waals surface area (Å²) in [5.41, 5.74) is 0.853. The Hall–Kier alpha value is -4.00. The lowest BCUT2D eigenvalue weighted by atomic mass is 9.94. The molecular formula is C25H19F2NO4. The predicted molar refractivity (Wildman–Crippen MR) is 115 cm³/mol. The van der Waals surface area contributed by atoms with Gasteiger partial charge in [0.25, 0.3) is 11.7 Å². The maximum absolute atomic E-state index is 14.7. The Kier molecular flexibility index (Phi) is 5.48. The van der Waals surface area contributed by atoms with Gasteiger partial charge in [0, 0.05) is 6.07 Å². The van der Waals surface area contributed by atoms with Crippen molar-refractivity contribution < 1.29 is 28.2 Å². The van der Waals surface area contributed by atoms with Crippen LogP contribution in [0, 0.1) is 18.6 Å². The molecule has 1 saturated heterocycles. The second-order valence-electron chi connectivity index (χ2n) is 7.38. The SMILES string of the molecule is COc1ccccc1/C(O)=C1\C(=O)C(=O)N(c2cc(F)ccc2F)C1c1cccc(C)c1. The van der Waals surface area contributed by atoms with E-state index in [-0.39, 0.29) is 16.9 Å². The molecule has 7 heteroatoms. The highest BCUT2D eigenvalue weighted by molar-refractivity contribution is 6.51. The number of hydrogen-bond acceptors (Lipinski definition) is 4. The van der Waals surface area contributed by atoms with Gasteiger partial charge in [0.2, 0.25) is 0 Å². The third-order valence-electron chi connectivity index (χ3n) is 5.33. The first kappa shape index (κ1) is 21.2. The van der Waals surface area contributed by atoms with E-state index in [9.17, 15) is 23.5 Å². The van der Waals surface area contributed by atoms with Crippen molar-refractivity contribution in [2.75, 3.05) is 12.0 Å². The summed E-state index contributed by atoms with van der Waals surface area (Å²) < 4.78 is 33.9. The van der Waals surface area contributed by atoms with Gasteiger partial charge < -0.3 is 9.84 Å². The van der Waals surface area contributed by atoms with Crippen LogP contribution >= 0.6 is 0 Å². The Morgan fingerprint density at radius 3 is 2.47 bits per heavy atom. The fourth-order valence-corrected chi connectivity index (χ4v) is 3.89. The zero-order valence-corrected chi connectivity index (χ0v) is 17.3. The molecule has 3 aromatic rings. The van der Waals surface area contributed by atoms with Gasteiger partial charge in [-0.05, 0) is 36.8 Å². The first-order chi connectivity index (χ1) is 15.3. The summed E-state index contributed by atoms with van der Waals surface area (Å²) in [6.45, 7) is 1.82. The van der Waals surface area contributed by atoms with Crippen LogP contribution in [0.2, 0.25) is 0 Å². The minimum absolute atomic E-state index is 0.199. The molecular weight excluding hydrogens is 416 g/mol. The molecule has 5 nitrogen and oxygen atoms in total. The van der Waals surface area contributed by atoms with Gasteiger partial charge in [0.15, 0.2) is 0 Å². The third kappa shape index (κ3) is 3.51. The number of aliphatic hydroxyl groups is 1. The van der Waals surface area contributed by atoms with E-state index in [0.717, 1.165) is 28.7 Å². The summed E-state index contributed by atoms with van der Waals surface area (Å²) >= 11 is 0. The molecule has 162 valence electrons. The molecule has 0 saturated carbocycles. The number of benzene rings is 3. The second kappa shape index (κ2) is 8.26. The predicted octanol–water partition coefficient (Wildman–Crippen LogP) is 4.91. The highest BCUT2D eigenvalue weighted by Gasteiger charge is 2.48. The molecule has 0 aliphatic carbocycles. The Labute approximate surface area is 183 Å². The normalized spacial score (nSPS) is 17.6. The van der Waals surface area contributed by atoms with Gasteiger partial charge in [-0.2, -0.15) is 0 Å². The number of rotatable bonds is 4. The zero-order valence-electron chi connectivity index (χ0n) is 17.3. The number of methoxy groups -OCH3 is 1. The van der Waals surface area contributed by atoms with E-state index < -0.39 is 40.8 Å². The standard InChI is InChI=1S/C25H19F2NO4/c1-14-6-5-7-15(12-14)22-21(23(29)17-8-3-4-9-20(17)32-2)24(30)25(31)28(22)19-13-16(26)10-11-18(19)27/h3-13,22,29H,1-2H3/b23-21+. The fraction of sp³-hybridized carbons (Fsp3) is 0.120. The Morgan fingerprint density at radius 2 is 1.75 bits per heavy atom. The maximum Gasteiger partial charge on any atom is 0.300 e. The number of hydrogen-bond donors (Lipinski definition) is 1. The molecule has 0 bridgehead atoms. The number of halogens is 2. The van der Waals surface area contributed by atoms with Crippen molar-refractivity contribution in [1.82, 2.24) is 0 Å². The summed E-state index contributed by atoms with van der Waals surface area (Å²) in [5.74, 6) is -3.90. The smallest absolute Gasteiger partial charge is 0.300 e. The number of amides is 1. The zero-order chi connectivity index (χ0) is 23.0. The molecule has 4 rings (SSSR count). The van der Waals surface area contributed by atoms with E-state index in [0.29, 0.717) is 5.56 Å². The molecule has 1 aliphatic rings. The largest absolute Gasteiger partial charge is 0.507 e. The lowest BCUT2D eigenvalue weighted by Gasteiger charge is -2.26. The second-order valence-corrected chi connectivity index (χ2v) is 7.38. The lowest BCUT2D eigenvalue weighted by Crippen LogP contribution is -2.30. The molecule has 1 atom stereocenters. The minimum atomic E-state index is -1.17. The third-order valence-corrected chi connectivity index (χ3v) is 5.33. The minimum Gasteiger partial charge on any atom is -0.507 e. The van der Waals surface area contributed by atoms with Gasteiger partial charge in [-0.25, -0.2) is 8.78 Å². The van der Waals surface area contributed by atoms with Gasteiger partial charge in [-0.1, -0.05) is 42.0 Å². The maximum atomic E-state index is 14.7. The van der Waals surface area contributed by atoms with Crippen molar-refractivity contribution in [1.29, 1.82) is 0 Å². The monoisotopic (exact) mass is 435 g/mol. The molecule has 1 unspecified atom stereocenters. The van der Waals surface area contributed by atoms with E-state index in [1.807, 2.05) is 13.0 Å². The molecule has 1 amide bonds. The first-order valence-corrected chi connectivity index (χ1v) is 9.79. The number of ether oxygens (including phenoxy) is 1. The quantitative estimate of drug-likeness (QED) is 0.359. The molecule has 1 N–H and O–H groups in total. The molecule has 1 heterocycles. The highest BCUT2D eigenvalue weighted by atomic mass is 19.1. The van der Waals surface area contributed by atoms with Gasteiger partial charge in [0.1, 0.15) is 23.1 Å². The molecule has 1 aliphatic heterocycles. The number of nitrogens with zero attached hydrogens (tertiary/aromatic N) is 1. The van der Waals surface area contributed by atoms with Crippen LogP contribution in [0.5, 0.6) is 5.75 Å². The van der Waals surface area contributed by atoms with Crippen molar-refractivity contribution in [3.05, 3.63) is 101 Å². The van der Waals surface area contributed by atoms with Crippen LogP contribution in [0.25, 0.3) is 5.76 Å². The topological polar surface area (TPSA) is 66.8 Å². The van der Waals surface area contributed by atoms with Crippen LogP contribution in [-0.4, -0.2) is 23.9 Å². The van der Waals surface area contributed by atoms with E-state index >= 15 is 0 Å². The number of Topliss-reactive ketones (excluding diaryl/α,β-unsaturated/α-hetero) is 1. The van der Waals surface area contributed by atoms with Gasteiger partial charge >= 0.3 is 0 Å². The Morgan fingerprint density at radius 1 is 1.00 bits per heavy atom. The van der Waals surface area contributed by atoms with Crippen LogP contribution in [-0.2, 0) is 9.59 Å². The number of ketones is 1. The Bertz CT molecular complexity index is 1270. The van der Waals surface area contributed by atoms with Crippen molar-refractivity contribution >= 4 is 23.1 Å². The number of carbonyl (C=O) groups excluding carboxylic acids is 2. The van der Waals surface area contributed by atoms with Crippen molar-refractivity contribution in [2.24, 2.45) is 0 Å². The summed E-state index contributed by atoms with van der Waals surface area (Å²) in [6, 6.07) is 14.9. The van der Waals surface area contributed by atoms with E-state index in [4.69, 9.17) is 4.74 Å². The van der Waals surface area contributed by atoms with Crippen LogP contribution < -0.4 is 9.64 Å². The average molecular weight is 435 g/mol. The molecule has 1 fully saturated rings. The molecule has 0 spiro atoms. The molecule has 3 aromatic carbocycles. The van der Waals surface area contributed by atoms with Crippen molar-refractivity contribution in [2.45, 2.75) is 13.0 Å². The average Bonchev–Trinajstić information content (AvgIpc) is 3.05. The molecule has 0 radical (unpaired) electrons. The van der Waals surface area contributed by atoms with Gasteiger partial charge in [0.05, 0.1) is 30.0 Å². The van der Waals surface area contributed by atoms with Gasteiger partial charge in [-0.15, -0.1) is 0 Å². The van der Waals surface area contributed by atoms with Crippen LogP contribution in [0.3, 0.4) is 0 Å². The van der Waals surface area contributed by atoms with Crippen LogP contribution in [0.4, 0.5) is 14.5 Å². The summed E-state index contributed by atoms with van der Waals surface area (Å²) in [4.78, 5) is 27.0. The number of carbonyl (C=O) groups is 2. The molecule has 32 heavy (non-hydrogen) atoms. The first-order valence-electron chi connectivity index (χ1n) is 9.79. The van der Waals surface area contributed by atoms with E-state index in [1.165, 1.54) is 13.2 Å². The van der Waals surface area contributed by atoms with E-state index in [1.54, 1.807) is 36.4 Å². The van der Waals surface area contributed by atoms with Gasteiger partial charge in [-0.3, -0.25) is 14.5 Å². The highest BCUT2D eigenvalue weighted by Crippen LogP contribution is 2.44. The van der Waals surface area contributed by atoms with Crippen molar-refractivity contribution in [3.8, 4) is 5.75 Å². The van der Waals surface area contributed by atoms with Crippen LogP contribution in [0.15, 0.2) is 72.3 Å². The molecule has 0 aromatic heterocycles. The number of anilines is 1. The van der Waals surface area contributed by atoms with E-state index in [2.05, 4.69) is 0 Å². The lowest BCUT2D eigenvalue weighted by molar-refractivity contribution is -0.132. The summed E-state index contributed by atoms with van der Waals surface area (Å²) in [7, 11) is 1.41. The van der Waals surface area contributed by atoms with Crippen LogP contribution in [0.1, 0.15) is 22.7 Å². The number of aliphatic hydroxyl groups excluding tert-OH is 1. The Balaban J connectivity index is 2.02. The summed E-state index contributed by atoms with van der Waals surface area (Å²) in [6.07, 6.45) is 0. The number of para-hydroxylation sites is 1. The fourth-order valence-electron chi connectivity index (χ4n) is 3.89. The number of aryl methyl sites for hydroxylation is 1. The van der Waals surface area contributed by atoms with Crippen molar-refractivity contribution in [3.63, 3.8) is 0 Å².